The lowest BCUT2D eigenvalue weighted by molar-refractivity contribution is 0.370. The highest BCUT2D eigenvalue weighted by atomic mass is 16.5. The van der Waals surface area contributed by atoms with E-state index in [2.05, 4.69) is 11.4 Å². The van der Waals surface area contributed by atoms with E-state index in [-0.39, 0.29) is 5.75 Å². The summed E-state index contributed by atoms with van der Waals surface area (Å²) in [6, 6.07) is 3.93. The molecule has 1 aromatic rings. The topological polar surface area (TPSA) is 41.5 Å². The zero-order valence-corrected chi connectivity index (χ0v) is 9.21. The quantitative estimate of drug-likeness (QED) is 0.776. The molecule has 82 valence electrons. The molecule has 0 saturated carbocycles. The van der Waals surface area contributed by atoms with Crippen LogP contribution >= 0.6 is 0 Å². The Labute approximate surface area is 90.1 Å². The highest BCUT2D eigenvalue weighted by molar-refractivity contribution is 5.49. The summed E-state index contributed by atoms with van der Waals surface area (Å²) in [5, 5.41) is 13.1. The van der Waals surface area contributed by atoms with Gasteiger partial charge in [0, 0.05) is 6.54 Å². The molecule has 3 heteroatoms. The molecule has 1 saturated heterocycles. The summed E-state index contributed by atoms with van der Waals surface area (Å²) in [6.07, 6.45) is 1.14. The Balaban J connectivity index is 2.33. The molecule has 1 aliphatic rings. The molecule has 0 aromatic heterocycles. The van der Waals surface area contributed by atoms with Crippen molar-refractivity contribution in [2.24, 2.45) is 0 Å². The van der Waals surface area contributed by atoms with Gasteiger partial charge in [-0.15, -0.1) is 0 Å². The highest BCUT2D eigenvalue weighted by Crippen LogP contribution is 2.34. The van der Waals surface area contributed by atoms with E-state index in [1.165, 1.54) is 5.56 Å². The van der Waals surface area contributed by atoms with Gasteiger partial charge in [-0.2, -0.15) is 0 Å². The minimum absolute atomic E-state index is 0.249. The molecular formula is C12H17NO2. The standard InChI is InChI=1S/C12H17NO2/c1-8-5-10(9-3-4-13-7-9)6-11(14)12(8)15-2/h5-6,9,13-14H,3-4,7H2,1-2H3. The van der Waals surface area contributed by atoms with Gasteiger partial charge in [-0.3, -0.25) is 0 Å². The van der Waals surface area contributed by atoms with Gasteiger partial charge in [0.2, 0.25) is 0 Å². The van der Waals surface area contributed by atoms with Gasteiger partial charge in [0.05, 0.1) is 7.11 Å². The van der Waals surface area contributed by atoms with Crippen molar-refractivity contribution in [1.82, 2.24) is 5.32 Å². The zero-order chi connectivity index (χ0) is 10.8. The Bertz CT molecular complexity index is 334. The average molecular weight is 207 g/mol. The number of nitrogens with one attached hydrogen (secondary N) is 1. The number of phenolic OH excluding ortho intramolecular Hbond substituents is 1. The smallest absolute Gasteiger partial charge is 0.163 e. The first-order chi connectivity index (χ1) is 7.22. The number of aromatic hydroxyl groups is 1. The van der Waals surface area contributed by atoms with Crippen LogP contribution in [-0.2, 0) is 0 Å². The lowest BCUT2D eigenvalue weighted by Crippen LogP contribution is -2.08. The Morgan fingerprint density at radius 2 is 2.27 bits per heavy atom. The van der Waals surface area contributed by atoms with Gasteiger partial charge in [0.15, 0.2) is 11.5 Å². The van der Waals surface area contributed by atoms with Crippen LogP contribution in [0.1, 0.15) is 23.5 Å². The van der Waals surface area contributed by atoms with E-state index in [0.29, 0.717) is 11.7 Å². The van der Waals surface area contributed by atoms with Gasteiger partial charge in [0.1, 0.15) is 0 Å². The normalized spacial score (nSPS) is 20.5. The number of phenols is 1. The van der Waals surface area contributed by atoms with Crippen LogP contribution in [-0.4, -0.2) is 25.3 Å². The molecule has 0 spiro atoms. The fraction of sp³-hybridized carbons (Fsp3) is 0.500. The fourth-order valence-corrected chi connectivity index (χ4v) is 2.22. The molecule has 0 bridgehead atoms. The van der Waals surface area contributed by atoms with Crippen LogP contribution in [0.25, 0.3) is 0 Å². The largest absolute Gasteiger partial charge is 0.504 e. The molecule has 1 atom stereocenters. The lowest BCUT2D eigenvalue weighted by atomic mass is 9.96. The Morgan fingerprint density at radius 1 is 1.47 bits per heavy atom. The van der Waals surface area contributed by atoms with Crippen LogP contribution in [0.4, 0.5) is 0 Å². The maximum Gasteiger partial charge on any atom is 0.163 e. The molecule has 0 aliphatic carbocycles. The number of methoxy groups -OCH3 is 1. The number of hydrogen-bond donors (Lipinski definition) is 2. The second kappa shape index (κ2) is 4.11. The third-order valence-electron chi connectivity index (χ3n) is 3.01. The fourth-order valence-electron chi connectivity index (χ4n) is 2.22. The molecule has 2 N–H and O–H groups in total. The van der Waals surface area contributed by atoms with E-state index in [0.717, 1.165) is 25.1 Å². The van der Waals surface area contributed by atoms with Crippen LogP contribution < -0.4 is 10.1 Å². The molecule has 1 aliphatic heterocycles. The summed E-state index contributed by atoms with van der Waals surface area (Å²) < 4.78 is 5.13. The van der Waals surface area contributed by atoms with Crippen LogP contribution in [0.2, 0.25) is 0 Å². The molecule has 1 fully saturated rings. The second-order valence-corrected chi connectivity index (χ2v) is 4.08. The van der Waals surface area contributed by atoms with Crippen molar-refractivity contribution in [1.29, 1.82) is 0 Å². The second-order valence-electron chi connectivity index (χ2n) is 4.08. The average Bonchev–Trinajstić information content (AvgIpc) is 2.69. The summed E-state index contributed by atoms with van der Waals surface area (Å²) in [5.41, 5.74) is 2.20. The minimum Gasteiger partial charge on any atom is -0.504 e. The maximum atomic E-state index is 9.79. The first kappa shape index (κ1) is 10.3. The molecule has 2 rings (SSSR count). The van der Waals surface area contributed by atoms with Gasteiger partial charge in [-0.05, 0) is 43.0 Å². The van der Waals surface area contributed by atoms with Crippen LogP contribution in [0.3, 0.4) is 0 Å². The SMILES string of the molecule is COc1c(C)cc(C2CCNC2)cc1O. The van der Waals surface area contributed by atoms with Crippen molar-refractivity contribution in [2.45, 2.75) is 19.3 Å². The molecule has 0 radical (unpaired) electrons. The molecule has 3 nitrogen and oxygen atoms in total. The van der Waals surface area contributed by atoms with E-state index < -0.39 is 0 Å². The van der Waals surface area contributed by atoms with Crippen molar-refractivity contribution in [2.75, 3.05) is 20.2 Å². The predicted molar refractivity (Wildman–Crippen MR) is 59.6 cm³/mol. The van der Waals surface area contributed by atoms with Crippen LogP contribution in [0, 0.1) is 6.92 Å². The number of hydrogen-bond acceptors (Lipinski definition) is 3. The minimum atomic E-state index is 0.249. The maximum absolute atomic E-state index is 9.79. The van der Waals surface area contributed by atoms with Crippen molar-refractivity contribution in [3.63, 3.8) is 0 Å². The summed E-state index contributed by atoms with van der Waals surface area (Å²) >= 11 is 0. The molecule has 1 unspecified atom stereocenters. The summed E-state index contributed by atoms with van der Waals surface area (Å²) in [4.78, 5) is 0. The first-order valence-corrected chi connectivity index (χ1v) is 5.30. The Morgan fingerprint density at radius 3 is 2.80 bits per heavy atom. The Hall–Kier alpha value is -1.22. The van der Waals surface area contributed by atoms with Gasteiger partial charge >= 0.3 is 0 Å². The summed E-state index contributed by atoms with van der Waals surface area (Å²) in [5.74, 6) is 1.37. The van der Waals surface area contributed by atoms with Crippen LogP contribution in [0.15, 0.2) is 12.1 Å². The van der Waals surface area contributed by atoms with Gasteiger partial charge in [-0.25, -0.2) is 0 Å². The van der Waals surface area contributed by atoms with E-state index in [1.54, 1.807) is 7.11 Å². The molecule has 1 aromatic carbocycles. The number of benzene rings is 1. The highest BCUT2D eigenvalue weighted by Gasteiger charge is 2.19. The van der Waals surface area contributed by atoms with Gasteiger partial charge in [-0.1, -0.05) is 6.07 Å². The van der Waals surface area contributed by atoms with E-state index in [4.69, 9.17) is 4.74 Å². The zero-order valence-electron chi connectivity index (χ0n) is 9.21. The summed E-state index contributed by atoms with van der Waals surface area (Å²) in [7, 11) is 1.58. The molecule has 1 heterocycles. The predicted octanol–water partition coefficient (Wildman–Crippen LogP) is 1.79. The van der Waals surface area contributed by atoms with E-state index >= 15 is 0 Å². The number of rotatable bonds is 2. The van der Waals surface area contributed by atoms with Crippen molar-refractivity contribution < 1.29 is 9.84 Å². The van der Waals surface area contributed by atoms with Crippen LogP contribution in [0.5, 0.6) is 11.5 Å². The lowest BCUT2D eigenvalue weighted by Gasteiger charge is -2.13. The molecule has 0 amide bonds. The van der Waals surface area contributed by atoms with Crippen molar-refractivity contribution >= 4 is 0 Å². The van der Waals surface area contributed by atoms with E-state index in [1.807, 2.05) is 13.0 Å². The number of aryl methyl sites for hydroxylation is 1. The van der Waals surface area contributed by atoms with Gasteiger partial charge in [0.25, 0.3) is 0 Å². The number of ether oxygens (including phenoxy) is 1. The third kappa shape index (κ3) is 1.92. The summed E-state index contributed by atoms with van der Waals surface area (Å²) in [6.45, 7) is 4.03. The van der Waals surface area contributed by atoms with Gasteiger partial charge < -0.3 is 15.2 Å². The van der Waals surface area contributed by atoms with Crippen molar-refractivity contribution in [3.05, 3.63) is 23.3 Å². The Kier molecular flexibility index (Phi) is 2.82. The van der Waals surface area contributed by atoms with Crippen molar-refractivity contribution in [3.8, 4) is 11.5 Å². The monoisotopic (exact) mass is 207 g/mol. The molecule has 15 heavy (non-hydrogen) atoms. The third-order valence-corrected chi connectivity index (χ3v) is 3.01. The molecular weight excluding hydrogens is 190 g/mol. The first-order valence-electron chi connectivity index (χ1n) is 5.30. The van der Waals surface area contributed by atoms with E-state index in [9.17, 15) is 5.11 Å².